The zero-order chi connectivity index (χ0) is 10.6. The van der Waals surface area contributed by atoms with Crippen molar-refractivity contribution in [2.24, 2.45) is 0 Å². The molecule has 14 heavy (non-hydrogen) atoms. The van der Waals surface area contributed by atoms with E-state index in [0.717, 1.165) is 5.56 Å². The third-order valence-electron chi connectivity index (χ3n) is 1.52. The van der Waals surface area contributed by atoms with Crippen molar-refractivity contribution < 1.29 is 9.84 Å². The Bertz CT molecular complexity index is 351. The van der Waals surface area contributed by atoms with Crippen LogP contribution in [0.15, 0.2) is 21.1 Å². The van der Waals surface area contributed by atoms with Crippen molar-refractivity contribution in [2.45, 2.75) is 6.61 Å². The highest BCUT2D eigenvalue weighted by molar-refractivity contribution is 9.11. The van der Waals surface area contributed by atoms with Crippen LogP contribution in [0.5, 0.6) is 5.75 Å². The summed E-state index contributed by atoms with van der Waals surface area (Å²) in [6, 6.07) is 5.38. The minimum atomic E-state index is -0.0320. The molecular weight excluding hydrogens is 314 g/mol. The minimum absolute atomic E-state index is 0.00429. The number of aliphatic hydroxyl groups is 1. The molecule has 0 atom stereocenters. The number of rotatable bonds is 3. The molecule has 1 rings (SSSR count). The SMILES string of the molecule is N#CCOc1c(Br)cc(CO)cc1Br. The first kappa shape index (κ1) is 11.5. The van der Waals surface area contributed by atoms with Gasteiger partial charge in [-0.25, -0.2) is 0 Å². The fourth-order valence-electron chi connectivity index (χ4n) is 0.946. The van der Waals surface area contributed by atoms with Crippen LogP contribution < -0.4 is 4.74 Å². The summed E-state index contributed by atoms with van der Waals surface area (Å²) < 4.78 is 6.61. The molecule has 0 spiro atoms. The van der Waals surface area contributed by atoms with Gasteiger partial charge in [-0.2, -0.15) is 5.26 Å². The van der Waals surface area contributed by atoms with Crippen LogP contribution in [0.25, 0.3) is 0 Å². The van der Waals surface area contributed by atoms with Crippen LogP contribution in [0.3, 0.4) is 0 Å². The molecule has 0 bridgehead atoms. The summed E-state index contributed by atoms with van der Waals surface area (Å²) in [5, 5.41) is 17.3. The van der Waals surface area contributed by atoms with Crippen LogP contribution in [-0.2, 0) is 6.61 Å². The fourth-order valence-corrected chi connectivity index (χ4v) is 2.46. The van der Waals surface area contributed by atoms with Crippen molar-refractivity contribution in [2.75, 3.05) is 6.61 Å². The summed E-state index contributed by atoms with van der Waals surface area (Å²) in [6.07, 6.45) is 0. The maximum Gasteiger partial charge on any atom is 0.174 e. The van der Waals surface area contributed by atoms with E-state index >= 15 is 0 Å². The minimum Gasteiger partial charge on any atom is -0.476 e. The molecule has 0 aromatic heterocycles. The molecule has 1 aromatic rings. The third-order valence-corrected chi connectivity index (χ3v) is 2.70. The van der Waals surface area contributed by atoms with Gasteiger partial charge in [-0.15, -0.1) is 0 Å². The van der Waals surface area contributed by atoms with Gasteiger partial charge in [0.1, 0.15) is 11.8 Å². The Morgan fingerprint density at radius 2 is 1.93 bits per heavy atom. The first-order valence-corrected chi connectivity index (χ1v) is 5.36. The molecule has 0 aliphatic heterocycles. The smallest absolute Gasteiger partial charge is 0.174 e. The lowest BCUT2D eigenvalue weighted by atomic mass is 10.2. The molecule has 0 amide bonds. The van der Waals surface area contributed by atoms with Gasteiger partial charge in [-0.05, 0) is 49.6 Å². The summed E-state index contributed by atoms with van der Waals surface area (Å²) >= 11 is 6.59. The van der Waals surface area contributed by atoms with Gasteiger partial charge in [0.05, 0.1) is 15.6 Å². The topological polar surface area (TPSA) is 53.2 Å². The van der Waals surface area contributed by atoms with Crippen LogP contribution in [0, 0.1) is 11.3 Å². The Hall–Kier alpha value is -0.570. The van der Waals surface area contributed by atoms with Crippen molar-refractivity contribution in [3.63, 3.8) is 0 Å². The maximum atomic E-state index is 8.92. The maximum absolute atomic E-state index is 8.92. The number of benzene rings is 1. The van der Waals surface area contributed by atoms with E-state index in [0.29, 0.717) is 14.7 Å². The largest absolute Gasteiger partial charge is 0.476 e. The Balaban J connectivity index is 3.00. The van der Waals surface area contributed by atoms with Gasteiger partial charge in [-0.1, -0.05) is 0 Å². The Kier molecular flexibility index (Phi) is 4.39. The van der Waals surface area contributed by atoms with E-state index in [9.17, 15) is 0 Å². The van der Waals surface area contributed by atoms with Crippen LogP contribution in [-0.4, -0.2) is 11.7 Å². The molecule has 0 heterocycles. The average Bonchev–Trinajstić information content (AvgIpc) is 2.16. The lowest BCUT2D eigenvalue weighted by Crippen LogP contribution is -1.96. The molecule has 0 saturated heterocycles. The summed E-state index contributed by atoms with van der Waals surface area (Å²) in [4.78, 5) is 0. The first-order valence-electron chi connectivity index (χ1n) is 3.77. The zero-order valence-electron chi connectivity index (χ0n) is 7.13. The van der Waals surface area contributed by atoms with E-state index in [1.165, 1.54) is 0 Å². The van der Waals surface area contributed by atoms with E-state index in [-0.39, 0.29) is 13.2 Å². The number of hydrogen-bond acceptors (Lipinski definition) is 3. The molecule has 0 saturated carbocycles. The van der Waals surface area contributed by atoms with Crippen LogP contribution in [0.2, 0.25) is 0 Å². The van der Waals surface area contributed by atoms with Crippen molar-refractivity contribution in [3.8, 4) is 11.8 Å². The average molecular weight is 321 g/mol. The van der Waals surface area contributed by atoms with E-state index in [1.807, 2.05) is 6.07 Å². The van der Waals surface area contributed by atoms with Crippen molar-refractivity contribution in [1.82, 2.24) is 0 Å². The monoisotopic (exact) mass is 319 g/mol. The molecule has 0 fully saturated rings. The van der Waals surface area contributed by atoms with Gasteiger partial charge in [0.25, 0.3) is 0 Å². The summed E-state index contributed by atoms with van der Waals surface area (Å²) in [7, 11) is 0. The van der Waals surface area contributed by atoms with Crippen molar-refractivity contribution in [3.05, 3.63) is 26.6 Å². The number of ether oxygens (including phenoxy) is 1. The van der Waals surface area contributed by atoms with E-state index < -0.39 is 0 Å². The summed E-state index contributed by atoms with van der Waals surface area (Å²) in [5.41, 5.74) is 0.771. The summed E-state index contributed by atoms with van der Waals surface area (Å²) in [5.74, 6) is 0.573. The van der Waals surface area contributed by atoms with Gasteiger partial charge in [-0.3, -0.25) is 0 Å². The molecule has 3 nitrogen and oxygen atoms in total. The van der Waals surface area contributed by atoms with Gasteiger partial charge in [0, 0.05) is 0 Å². The van der Waals surface area contributed by atoms with E-state index in [1.54, 1.807) is 12.1 Å². The molecule has 1 N–H and O–H groups in total. The predicted octanol–water partition coefficient (Wildman–Crippen LogP) is 2.61. The van der Waals surface area contributed by atoms with Crippen molar-refractivity contribution >= 4 is 31.9 Å². The lowest BCUT2D eigenvalue weighted by Gasteiger charge is -2.08. The number of nitriles is 1. The second-order valence-electron chi connectivity index (χ2n) is 2.49. The quantitative estimate of drug-likeness (QED) is 0.931. The molecular formula is C9H7Br2NO2. The first-order chi connectivity index (χ1) is 6.69. The van der Waals surface area contributed by atoms with Crippen LogP contribution in [0.1, 0.15) is 5.56 Å². The highest BCUT2D eigenvalue weighted by atomic mass is 79.9. The number of hydrogen-bond donors (Lipinski definition) is 1. The number of aliphatic hydroxyl groups excluding tert-OH is 1. The van der Waals surface area contributed by atoms with E-state index in [4.69, 9.17) is 15.1 Å². The van der Waals surface area contributed by atoms with Gasteiger partial charge in [0.2, 0.25) is 0 Å². The number of halogens is 2. The van der Waals surface area contributed by atoms with Crippen molar-refractivity contribution in [1.29, 1.82) is 5.26 Å². The Morgan fingerprint density at radius 3 is 2.36 bits per heavy atom. The standard InChI is InChI=1S/C9H7Br2NO2/c10-7-3-6(5-13)4-8(11)9(7)14-2-1-12/h3-4,13H,2,5H2. The highest BCUT2D eigenvalue weighted by Gasteiger charge is 2.08. The normalized spacial score (nSPS) is 9.57. The molecule has 5 heteroatoms. The molecule has 0 aliphatic rings. The third kappa shape index (κ3) is 2.71. The zero-order valence-corrected chi connectivity index (χ0v) is 10.3. The second kappa shape index (κ2) is 5.35. The van der Waals surface area contributed by atoms with Gasteiger partial charge < -0.3 is 9.84 Å². The Morgan fingerprint density at radius 1 is 1.36 bits per heavy atom. The van der Waals surface area contributed by atoms with Gasteiger partial charge in [0.15, 0.2) is 6.61 Å². The molecule has 0 unspecified atom stereocenters. The number of nitrogens with zero attached hydrogens (tertiary/aromatic N) is 1. The molecule has 1 aromatic carbocycles. The van der Waals surface area contributed by atoms with E-state index in [2.05, 4.69) is 31.9 Å². The second-order valence-corrected chi connectivity index (χ2v) is 4.20. The van der Waals surface area contributed by atoms with Crippen LogP contribution in [0.4, 0.5) is 0 Å². The molecule has 0 aliphatic carbocycles. The lowest BCUT2D eigenvalue weighted by molar-refractivity contribution is 0.281. The predicted molar refractivity (Wildman–Crippen MR) is 58.9 cm³/mol. The summed E-state index contributed by atoms with van der Waals surface area (Å²) in [6.45, 7) is -0.0363. The Labute approximate surface area is 98.6 Å². The molecule has 0 radical (unpaired) electrons. The fraction of sp³-hybridized carbons (Fsp3) is 0.222. The molecule has 74 valence electrons. The van der Waals surface area contributed by atoms with Gasteiger partial charge >= 0.3 is 0 Å². The van der Waals surface area contributed by atoms with Crippen LogP contribution >= 0.6 is 31.9 Å². The highest BCUT2D eigenvalue weighted by Crippen LogP contribution is 2.34.